The zero-order valence-corrected chi connectivity index (χ0v) is 24.3. The van der Waals surface area contributed by atoms with Crippen LogP contribution in [0.25, 0.3) is 0 Å². The molecule has 0 spiro atoms. The van der Waals surface area contributed by atoms with E-state index in [-0.39, 0.29) is 31.6 Å². The van der Waals surface area contributed by atoms with Crippen molar-refractivity contribution in [2.24, 2.45) is 5.41 Å². The zero-order chi connectivity index (χ0) is 33.4. The van der Waals surface area contributed by atoms with Crippen molar-refractivity contribution in [3.63, 3.8) is 0 Å². The molecule has 5 amide bonds. The fourth-order valence-electron chi connectivity index (χ4n) is 4.16. The molecule has 2 rings (SSSR count). The summed E-state index contributed by atoms with van der Waals surface area (Å²) in [5.41, 5.74) is -0.873. The van der Waals surface area contributed by atoms with Gasteiger partial charge in [0.25, 0.3) is 5.69 Å². The molecule has 17 nitrogen and oxygen atoms in total. The molecule has 1 saturated heterocycles. The van der Waals surface area contributed by atoms with Crippen molar-refractivity contribution in [3.05, 3.63) is 39.9 Å². The van der Waals surface area contributed by atoms with Gasteiger partial charge in [0.1, 0.15) is 18.1 Å². The van der Waals surface area contributed by atoms with Crippen molar-refractivity contribution in [2.75, 3.05) is 6.54 Å². The molecule has 1 atom stereocenters. The van der Waals surface area contributed by atoms with Crippen LogP contribution < -0.4 is 10.6 Å². The normalized spacial score (nSPS) is 14.4. The van der Waals surface area contributed by atoms with E-state index in [0.717, 1.165) is 6.42 Å². The predicted molar refractivity (Wildman–Crippen MR) is 149 cm³/mol. The minimum atomic E-state index is -1.63. The molecular weight excluding hydrogens is 588 g/mol. The summed E-state index contributed by atoms with van der Waals surface area (Å²) in [6.07, 6.45) is 0.784. The quantitative estimate of drug-likeness (QED) is 0.0767. The summed E-state index contributed by atoms with van der Waals surface area (Å²) in [4.78, 5) is 90.5. The lowest BCUT2D eigenvalue weighted by atomic mass is 9.78. The van der Waals surface area contributed by atoms with E-state index in [1.807, 2.05) is 5.32 Å². The van der Waals surface area contributed by atoms with E-state index in [4.69, 9.17) is 14.9 Å². The monoisotopic (exact) mass is 624 g/mol. The Morgan fingerprint density at radius 3 is 2.07 bits per heavy atom. The van der Waals surface area contributed by atoms with Crippen LogP contribution in [0.2, 0.25) is 0 Å². The average Bonchev–Trinajstić information content (AvgIpc) is 2.96. The molecule has 242 valence electrons. The Kier molecular flexibility index (Phi) is 14.9. The van der Waals surface area contributed by atoms with Gasteiger partial charge in [-0.1, -0.05) is 20.3 Å². The number of carboxylic acids is 3. The van der Waals surface area contributed by atoms with Crippen LogP contribution >= 0.6 is 0 Å². The van der Waals surface area contributed by atoms with Crippen molar-refractivity contribution < 1.29 is 58.5 Å². The molecule has 1 fully saturated rings. The van der Waals surface area contributed by atoms with Gasteiger partial charge in [0.15, 0.2) is 0 Å². The summed E-state index contributed by atoms with van der Waals surface area (Å²) in [5.74, 6) is -5.23. The molecule has 1 heterocycles. The summed E-state index contributed by atoms with van der Waals surface area (Å²) in [5, 5.41) is 41.4. The Bertz CT molecular complexity index is 1230. The Morgan fingerprint density at radius 1 is 0.977 bits per heavy atom. The third-order valence-corrected chi connectivity index (χ3v) is 6.79. The molecule has 1 aromatic rings. The van der Waals surface area contributed by atoms with Crippen LogP contribution in [0.5, 0.6) is 0 Å². The van der Waals surface area contributed by atoms with Crippen molar-refractivity contribution in [3.8, 4) is 0 Å². The van der Waals surface area contributed by atoms with Gasteiger partial charge in [-0.25, -0.2) is 19.3 Å². The van der Waals surface area contributed by atoms with E-state index < -0.39 is 71.1 Å². The number of nitro groups is 1. The summed E-state index contributed by atoms with van der Waals surface area (Å²) in [6, 6.07) is 2.98. The number of carbonyl (C=O) groups is 7. The molecule has 1 aliphatic heterocycles. The summed E-state index contributed by atoms with van der Waals surface area (Å²) < 4.78 is 4.96. The highest BCUT2D eigenvalue weighted by molar-refractivity contribution is 6.20. The number of nitrogens with one attached hydrogen (secondary N) is 2. The van der Waals surface area contributed by atoms with Gasteiger partial charge >= 0.3 is 30.0 Å². The highest BCUT2D eigenvalue weighted by Crippen LogP contribution is 2.33. The Morgan fingerprint density at radius 2 is 1.57 bits per heavy atom. The molecule has 0 saturated carbocycles. The number of amides is 5. The number of non-ortho nitro benzene ring substituents is 1. The number of urea groups is 1. The molecule has 1 aromatic carbocycles. The van der Waals surface area contributed by atoms with Crippen molar-refractivity contribution in [1.82, 2.24) is 15.5 Å². The second-order valence-corrected chi connectivity index (χ2v) is 9.64. The number of nitro benzene ring substituents is 1. The van der Waals surface area contributed by atoms with E-state index in [9.17, 15) is 48.8 Å². The van der Waals surface area contributed by atoms with Crippen molar-refractivity contribution in [2.45, 2.75) is 77.9 Å². The number of rotatable bonds is 16. The lowest BCUT2D eigenvalue weighted by Gasteiger charge is -2.40. The first-order valence-corrected chi connectivity index (χ1v) is 13.7. The second-order valence-electron chi connectivity index (χ2n) is 9.64. The molecule has 0 aromatic heterocycles. The van der Waals surface area contributed by atoms with Gasteiger partial charge in [-0.15, -0.1) is 0 Å². The topological polar surface area (TPSA) is 260 Å². The maximum Gasteiger partial charge on any atom is 0.407 e. The molecular formula is C27H36N4O13. The SMILES string of the molecule is CCC1(CC)C(=O)NC(=O)N(C(CCC(=O)O)C(=O)O)C1=O.O=C(O)CCCCCNC(=O)OCc1ccc([N+](=O)[O-])cc1. The second kappa shape index (κ2) is 17.8. The number of unbranched alkanes of at least 4 members (excludes halogenated alkanes) is 2. The third-order valence-electron chi connectivity index (χ3n) is 6.79. The number of ether oxygens (including phenoxy) is 1. The standard InChI is InChI=1S/C14H18N2O6.C13H18N2O7/c17-13(18)4-2-1-3-9-15-14(19)22-10-11-5-7-12(8-6-11)16(20)21;1-3-13(4-2)10(20)14-12(22)15(11(13)21)7(9(18)19)5-6-8(16)17/h5-8H,1-4,9-10H2,(H,15,19)(H,17,18);7H,3-6H2,1-2H3,(H,16,17)(H,18,19)(H,14,20,22). The number of aliphatic carboxylic acids is 3. The largest absolute Gasteiger partial charge is 0.481 e. The van der Waals surface area contributed by atoms with Gasteiger partial charge in [0.05, 0.1) is 4.92 Å². The summed E-state index contributed by atoms with van der Waals surface area (Å²) in [7, 11) is 0. The molecule has 5 N–H and O–H groups in total. The van der Waals surface area contributed by atoms with E-state index in [2.05, 4.69) is 5.32 Å². The van der Waals surface area contributed by atoms with E-state index in [1.54, 1.807) is 13.8 Å². The van der Waals surface area contributed by atoms with Gasteiger partial charge < -0.3 is 25.4 Å². The van der Waals surface area contributed by atoms with Crippen molar-refractivity contribution >= 4 is 47.5 Å². The Labute approximate surface area is 251 Å². The molecule has 0 aliphatic carbocycles. The van der Waals surface area contributed by atoms with E-state index in [0.29, 0.717) is 29.8 Å². The number of imide groups is 2. The number of hydrogen-bond donors (Lipinski definition) is 5. The minimum Gasteiger partial charge on any atom is -0.481 e. The van der Waals surface area contributed by atoms with Gasteiger partial charge in [0, 0.05) is 31.5 Å². The van der Waals surface area contributed by atoms with Crippen molar-refractivity contribution in [1.29, 1.82) is 0 Å². The smallest absolute Gasteiger partial charge is 0.407 e. The number of benzene rings is 1. The van der Waals surface area contributed by atoms with Crippen LogP contribution in [-0.2, 0) is 35.3 Å². The maximum absolute atomic E-state index is 12.6. The third kappa shape index (κ3) is 11.0. The Balaban J connectivity index is 0.000000440. The molecule has 1 unspecified atom stereocenters. The van der Waals surface area contributed by atoms with Crippen LogP contribution in [0.1, 0.15) is 70.8 Å². The molecule has 17 heteroatoms. The number of carbonyl (C=O) groups excluding carboxylic acids is 4. The van der Waals surface area contributed by atoms with Gasteiger partial charge in [-0.05, 0) is 49.8 Å². The molecule has 0 bridgehead atoms. The molecule has 0 radical (unpaired) electrons. The molecule has 44 heavy (non-hydrogen) atoms. The summed E-state index contributed by atoms with van der Waals surface area (Å²) in [6.45, 7) is 3.62. The number of carboxylic acid groups (broad SMARTS) is 3. The fourth-order valence-corrected chi connectivity index (χ4v) is 4.16. The zero-order valence-electron chi connectivity index (χ0n) is 24.3. The van der Waals surface area contributed by atoms with Crippen LogP contribution in [-0.4, -0.2) is 79.6 Å². The lowest BCUT2D eigenvalue weighted by molar-refractivity contribution is -0.384. The average molecular weight is 625 g/mol. The van der Waals surface area contributed by atoms with Crippen LogP contribution in [0.3, 0.4) is 0 Å². The fraction of sp³-hybridized carbons (Fsp3) is 0.519. The Hall–Kier alpha value is -5.09. The summed E-state index contributed by atoms with van der Waals surface area (Å²) >= 11 is 0. The first-order valence-electron chi connectivity index (χ1n) is 13.7. The number of nitrogens with zero attached hydrogens (tertiary/aromatic N) is 2. The highest BCUT2D eigenvalue weighted by atomic mass is 16.6. The number of hydrogen-bond acceptors (Lipinski definition) is 10. The number of alkyl carbamates (subject to hydrolysis) is 1. The predicted octanol–water partition coefficient (Wildman–Crippen LogP) is 2.66. The first-order chi connectivity index (χ1) is 20.7. The van der Waals surface area contributed by atoms with Crippen LogP contribution in [0.15, 0.2) is 24.3 Å². The van der Waals surface area contributed by atoms with Crippen LogP contribution in [0, 0.1) is 15.5 Å². The van der Waals surface area contributed by atoms with Gasteiger partial charge in [-0.3, -0.25) is 34.6 Å². The lowest BCUT2D eigenvalue weighted by Crippen LogP contribution is -2.67. The molecule has 1 aliphatic rings. The first kappa shape index (κ1) is 36.9. The van der Waals surface area contributed by atoms with Gasteiger partial charge in [-0.2, -0.15) is 0 Å². The maximum atomic E-state index is 12.6. The van der Waals surface area contributed by atoms with E-state index >= 15 is 0 Å². The number of barbiturate groups is 1. The minimum absolute atomic E-state index is 0.0189. The highest BCUT2D eigenvalue weighted by Gasteiger charge is 2.54. The van der Waals surface area contributed by atoms with Crippen LogP contribution in [0.4, 0.5) is 15.3 Å². The van der Waals surface area contributed by atoms with E-state index in [1.165, 1.54) is 24.3 Å². The van der Waals surface area contributed by atoms with Gasteiger partial charge in [0.2, 0.25) is 11.8 Å².